The number of amides is 1. The number of hydrogen-bond donors (Lipinski definition) is 1. The van der Waals surface area contributed by atoms with Crippen molar-refractivity contribution in [3.8, 4) is 28.6 Å². The van der Waals surface area contributed by atoms with Crippen molar-refractivity contribution < 1.29 is 14.3 Å². The summed E-state index contributed by atoms with van der Waals surface area (Å²) in [4.78, 5) is 12.5. The number of nitrogens with zero attached hydrogens (tertiary/aromatic N) is 4. The van der Waals surface area contributed by atoms with E-state index in [1.165, 1.54) is 11.8 Å². The highest BCUT2D eigenvalue weighted by molar-refractivity contribution is 7.99. The van der Waals surface area contributed by atoms with Crippen LogP contribution in [0.25, 0.3) is 17.1 Å². The molecule has 36 heavy (non-hydrogen) atoms. The van der Waals surface area contributed by atoms with Crippen LogP contribution >= 0.6 is 11.8 Å². The van der Waals surface area contributed by atoms with Gasteiger partial charge in [0.2, 0.25) is 0 Å². The molecule has 8 nitrogen and oxygen atoms in total. The molecular weight excluding hydrogens is 474 g/mol. The number of carbonyl (C=O) groups excluding carboxylic acids is 1. The van der Waals surface area contributed by atoms with Crippen molar-refractivity contribution in [2.24, 2.45) is 5.10 Å². The average molecular weight is 502 g/mol. The van der Waals surface area contributed by atoms with Crippen LogP contribution in [0.5, 0.6) is 11.5 Å². The second-order valence-corrected chi connectivity index (χ2v) is 8.70. The lowest BCUT2D eigenvalue weighted by molar-refractivity contribution is -0.118. The fraction of sp³-hybridized carbons (Fsp3) is 0.185. The van der Waals surface area contributed by atoms with Gasteiger partial charge in [0.15, 0.2) is 11.0 Å². The number of para-hydroxylation sites is 1. The van der Waals surface area contributed by atoms with Crippen molar-refractivity contribution >= 4 is 23.9 Å². The van der Waals surface area contributed by atoms with Crippen LogP contribution in [0.1, 0.15) is 18.1 Å². The molecular formula is C27H27N5O3S. The van der Waals surface area contributed by atoms with Gasteiger partial charge in [0.1, 0.15) is 11.5 Å². The zero-order chi connectivity index (χ0) is 25.3. The van der Waals surface area contributed by atoms with Crippen molar-refractivity contribution in [2.75, 3.05) is 19.5 Å². The first-order valence-electron chi connectivity index (χ1n) is 11.4. The van der Waals surface area contributed by atoms with Crippen LogP contribution in [-0.2, 0) is 4.79 Å². The number of nitrogens with one attached hydrogen (secondary N) is 1. The molecule has 0 aliphatic heterocycles. The lowest BCUT2D eigenvalue weighted by Crippen LogP contribution is -2.20. The molecule has 0 fully saturated rings. The molecule has 0 radical (unpaired) electrons. The highest BCUT2D eigenvalue weighted by atomic mass is 32.2. The van der Waals surface area contributed by atoms with Crippen LogP contribution < -0.4 is 14.9 Å². The Morgan fingerprint density at radius 2 is 1.81 bits per heavy atom. The average Bonchev–Trinajstić information content (AvgIpc) is 3.33. The Kier molecular flexibility index (Phi) is 8.36. The smallest absolute Gasteiger partial charge is 0.250 e. The maximum absolute atomic E-state index is 12.5. The van der Waals surface area contributed by atoms with Crippen molar-refractivity contribution in [2.45, 2.75) is 19.0 Å². The zero-order valence-corrected chi connectivity index (χ0v) is 21.2. The van der Waals surface area contributed by atoms with Gasteiger partial charge < -0.3 is 9.47 Å². The molecule has 0 unspecified atom stereocenters. The Morgan fingerprint density at radius 1 is 1.06 bits per heavy atom. The van der Waals surface area contributed by atoms with E-state index < -0.39 is 0 Å². The fourth-order valence-electron chi connectivity index (χ4n) is 3.43. The monoisotopic (exact) mass is 501 g/mol. The first-order chi connectivity index (χ1) is 17.6. The van der Waals surface area contributed by atoms with E-state index in [0.717, 1.165) is 28.1 Å². The third kappa shape index (κ3) is 6.11. The fourth-order valence-corrected chi connectivity index (χ4v) is 4.17. The summed E-state index contributed by atoms with van der Waals surface area (Å²) in [6, 6.07) is 23.2. The third-order valence-electron chi connectivity index (χ3n) is 5.22. The summed E-state index contributed by atoms with van der Waals surface area (Å²) in [6.45, 7) is 4.50. The van der Waals surface area contributed by atoms with Gasteiger partial charge in [-0.05, 0) is 50.2 Å². The normalized spacial score (nSPS) is 11.0. The summed E-state index contributed by atoms with van der Waals surface area (Å²) in [5.74, 6) is 2.01. The molecule has 0 aliphatic carbocycles. The SMILES string of the molecule is CCOc1ccccc1/C=N/NC(=O)CSc1nnc(-c2ccc(C)cc2)n1-c1ccc(OC)cc1. The van der Waals surface area contributed by atoms with E-state index in [1.54, 1.807) is 13.3 Å². The van der Waals surface area contributed by atoms with Gasteiger partial charge in [-0.15, -0.1) is 10.2 Å². The summed E-state index contributed by atoms with van der Waals surface area (Å²) < 4.78 is 12.8. The molecule has 1 heterocycles. The van der Waals surface area contributed by atoms with Gasteiger partial charge in [0.25, 0.3) is 5.91 Å². The van der Waals surface area contributed by atoms with E-state index in [2.05, 4.69) is 20.7 Å². The third-order valence-corrected chi connectivity index (χ3v) is 6.15. The van der Waals surface area contributed by atoms with E-state index in [0.29, 0.717) is 23.3 Å². The Labute approximate surface area is 214 Å². The molecule has 9 heteroatoms. The number of benzene rings is 3. The first kappa shape index (κ1) is 25.0. The molecule has 1 amide bonds. The molecule has 3 aromatic carbocycles. The van der Waals surface area contributed by atoms with Gasteiger partial charge in [-0.2, -0.15) is 5.10 Å². The molecule has 0 bridgehead atoms. The minimum Gasteiger partial charge on any atom is -0.497 e. The number of carbonyl (C=O) groups is 1. The summed E-state index contributed by atoms with van der Waals surface area (Å²) in [6.07, 6.45) is 1.57. The minimum absolute atomic E-state index is 0.118. The number of hydrogen-bond acceptors (Lipinski definition) is 7. The molecule has 184 valence electrons. The van der Waals surface area contributed by atoms with Gasteiger partial charge in [0.05, 0.1) is 25.7 Å². The molecule has 0 saturated carbocycles. The standard InChI is InChI=1S/C27H27N5O3S/c1-4-35-24-8-6-5-7-21(24)17-28-29-25(33)18-36-27-31-30-26(20-11-9-19(2)10-12-20)32(27)22-13-15-23(34-3)16-14-22/h5-17H,4,18H2,1-3H3,(H,29,33)/b28-17+. The largest absolute Gasteiger partial charge is 0.497 e. The van der Waals surface area contributed by atoms with E-state index in [9.17, 15) is 4.79 Å². The van der Waals surface area contributed by atoms with Gasteiger partial charge in [-0.1, -0.05) is 53.7 Å². The second kappa shape index (κ2) is 12.0. The second-order valence-electron chi connectivity index (χ2n) is 7.76. The number of thioether (sulfide) groups is 1. The van der Waals surface area contributed by atoms with Crippen molar-refractivity contribution in [3.05, 3.63) is 83.9 Å². The predicted octanol–water partition coefficient (Wildman–Crippen LogP) is 4.89. The Bertz CT molecular complexity index is 1330. The number of rotatable bonds is 10. The van der Waals surface area contributed by atoms with Gasteiger partial charge in [-0.25, -0.2) is 5.43 Å². The number of methoxy groups -OCH3 is 1. The van der Waals surface area contributed by atoms with E-state index >= 15 is 0 Å². The van der Waals surface area contributed by atoms with Crippen molar-refractivity contribution in [1.82, 2.24) is 20.2 Å². The Morgan fingerprint density at radius 3 is 2.53 bits per heavy atom. The van der Waals surface area contributed by atoms with E-state index in [4.69, 9.17) is 9.47 Å². The molecule has 0 saturated heterocycles. The maximum Gasteiger partial charge on any atom is 0.250 e. The van der Waals surface area contributed by atoms with Gasteiger partial charge in [-0.3, -0.25) is 9.36 Å². The molecule has 0 spiro atoms. The minimum atomic E-state index is -0.258. The van der Waals surface area contributed by atoms with E-state index in [1.807, 2.05) is 91.2 Å². The first-order valence-corrected chi connectivity index (χ1v) is 12.4. The highest BCUT2D eigenvalue weighted by Gasteiger charge is 2.17. The quantitative estimate of drug-likeness (QED) is 0.189. The zero-order valence-electron chi connectivity index (χ0n) is 20.3. The summed E-state index contributed by atoms with van der Waals surface area (Å²) in [7, 11) is 1.63. The van der Waals surface area contributed by atoms with Crippen LogP contribution in [0.4, 0.5) is 0 Å². The van der Waals surface area contributed by atoms with Crippen LogP contribution in [0.3, 0.4) is 0 Å². The molecule has 4 aromatic rings. The van der Waals surface area contributed by atoms with Crippen LogP contribution in [0.2, 0.25) is 0 Å². The lowest BCUT2D eigenvalue weighted by Gasteiger charge is -2.11. The van der Waals surface area contributed by atoms with Crippen LogP contribution in [0.15, 0.2) is 83.1 Å². The Hall–Kier alpha value is -4.11. The molecule has 1 aromatic heterocycles. The number of aromatic nitrogens is 3. The van der Waals surface area contributed by atoms with Crippen LogP contribution in [-0.4, -0.2) is 46.4 Å². The topological polar surface area (TPSA) is 90.6 Å². The number of ether oxygens (including phenoxy) is 2. The number of aryl methyl sites for hydroxylation is 1. The van der Waals surface area contributed by atoms with Crippen molar-refractivity contribution in [3.63, 3.8) is 0 Å². The predicted molar refractivity (Wildman–Crippen MR) is 142 cm³/mol. The van der Waals surface area contributed by atoms with Gasteiger partial charge >= 0.3 is 0 Å². The summed E-state index contributed by atoms with van der Waals surface area (Å²) >= 11 is 1.28. The van der Waals surface area contributed by atoms with Gasteiger partial charge in [0, 0.05) is 16.8 Å². The highest BCUT2D eigenvalue weighted by Crippen LogP contribution is 2.29. The number of hydrazone groups is 1. The maximum atomic E-state index is 12.5. The molecule has 0 atom stereocenters. The van der Waals surface area contributed by atoms with E-state index in [-0.39, 0.29) is 11.7 Å². The van der Waals surface area contributed by atoms with Crippen LogP contribution in [0, 0.1) is 6.92 Å². The molecule has 1 N–H and O–H groups in total. The molecule has 4 rings (SSSR count). The summed E-state index contributed by atoms with van der Waals surface area (Å²) in [5, 5.41) is 13.5. The molecule has 0 aliphatic rings. The van der Waals surface area contributed by atoms with Crippen molar-refractivity contribution in [1.29, 1.82) is 0 Å². The lowest BCUT2D eigenvalue weighted by atomic mass is 10.1. The summed E-state index contributed by atoms with van der Waals surface area (Å²) in [5.41, 5.74) is 6.31. The Balaban J connectivity index is 1.50.